The summed E-state index contributed by atoms with van der Waals surface area (Å²) in [4.78, 5) is 4.39. The summed E-state index contributed by atoms with van der Waals surface area (Å²) in [7, 11) is 0. The first kappa shape index (κ1) is 12.5. The lowest BCUT2D eigenvalue weighted by Crippen LogP contribution is -2.27. The Hall–Kier alpha value is -0.610. The number of hydrogen-bond acceptors (Lipinski definition) is 4. The molecular weight excluding hydrogens is 214 g/mol. The summed E-state index contributed by atoms with van der Waals surface area (Å²) >= 11 is 0. The highest BCUT2D eigenvalue weighted by Crippen LogP contribution is 2.21. The molecule has 0 amide bonds. The Kier molecular flexibility index (Phi) is 4.54. The molecule has 0 spiro atoms. The molecule has 0 aliphatic carbocycles. The average molecular weight is 232 g/mol. The molecular formula is C10H18ClN3O. The molecule has 15 heavy (non-hydrogen) atoms. The minimum absolute atomic E-state index is 0. The molecule has 0 bridgehead atoms. The van der Waals surface area contributed by atoms with E-state index in [1.165, 1.54) is 12.8 Å². The van der Waals surface area contributed by atoms with Crippen LogP contribution < -0.4 is 5.32 Å². The van der Waals surface area contributed by atoms with Gasteiger partial charge in [-0.2, -0.15) is 4.98 Å². The molecule has 1 atom stereocenters. The zero-order chi connectivity index (χ0) is 9.97. The maximum absolute atomic E-state index is 5.18. The van der Waals surface area contributed by atoms with Crippen LogP contribution in [-0.2, 0) is 0 Å². The van der Waals surface area contributed by atoms with Gasteiger partial charge in [-0.15, -0.1) is 12.4 Å². The van der Waals surface area contributed by atoms with Crippen molar-refractivity contribution in [1.29, 1.82) is 0 Å². The van der Waals surface area contributed by atoms with E-state index in [0.717, 1.165) is 24.7 Å². The fraction of sp³-hybridized carbons (Fsp3) is 0.800. The van der Waals surface area contributed by atoms with Crippen LogP contribution in [0.3, 0.4) is 0 Å². The fourth-order valence-electron chi connectivity index (χ4n) is 1.70. The van der Waals surface area contributed by atoms with Gasteiger partial charge in [0.15, 0.2) is 5.82 Å². The molecule has 1 aromatic rings. The summed E-state index contributed by atoms with van der Waals surface area (Å²) in [5.74, 6) is 1.89. The lowest BCUT2D eigenvalue weighted by atomic mass is 10.0. The van der Waals surface area contributed by atoms with Gasteiger partial charge in [0.05, 0.1) is 6.04 Å². The van der Waals surface area contributed by atoms with Crippen LogP contribution in [0.4, 0.5) is 0 Å². The van der Waals surface area contributed by atoms with Gasteiger partial charge in [0.2, 0.25) is 5.89 Å². The van der Waals surface area contributed by atoms with Gasteiger partial charge in [-0.1, -0.05) is 25.4 Å². The second kappa shape index (κ2) is 5.47. The highest BCUT2D eigenvalue weighted by molar-refractivity contribution is 5.85. The molecule has 1 unspecified atom stereocenters. The molecule has 0 saturated carbocycles. The molecule has 1 aliphatic heterocycles. The summed E-state index contributed by atoms with van der Waals surface area (Å²) in [5.41, 5.74) is 0. The summed E-state index contributed by atoms with van der Waals surface area (Å²) in [6, 6.07) is 0.306. The third-order valence-corrected chi connectivity index (χ3v) is 2.57. The third kappa shape index (κ3) is 2.92. The van der Waals surface area contributed by atoms with Crippen LogP contribution in [-0.4, -0.2) is 16.7 Å². The fourth-order valence-corrected chi connectivity index (χ4v) is 1.70. The third-order valence-electron chi connectivity index (χ3n) is 2.57. The van der Waals surface area contributed by atoms with Crippen LogP contribution in [0.15, 0.2) is 4.52 Å². The largest absolute Gasteiger partial charge is 0.339 e. The maximum atomic E-state index is 5.18. The van der Waals surface area contributed by atoms with Crippen molar-refractivity contribution < 1.29 is 4.52 Å². The van der Waals surface area contributed by atoms with Crippen molar-refractivity contribution in [1.82, 2.24) is 15.5 Å². The van der Waals surface area contributed by atoms with E-state index in [1.54, 1.807) is 0 Å². The monoisotopic (exact) mass is 231 g/mol. The number of piperidine rings is 1. The van der Waals surface area contributed by atoms with Crippen LogP contribution in [0.25, 0.3) is 0 Å². The van der Waals surface area contributed by atoms with E-state index in [1.807, 2.05) is 0 Å². The predicted molar refractivity (Wildman–Crippen MR) is 60.2 cm³/mol. The van der Waals surface area contributed by atoms with Crippen molar-refractivity contribution in [3.63, 3.8) is 0 Å². The Bertz CT molecular complexity index is 295. The van der Waals surface area contributed by atoms with E-state index in [9.17, 15) is 0 Å². The van der Waals surface area contributed by atoms with Gasteiger partial charge in [0, 0.05) is 5.92 Å². The quantitative estimate of drug-likeness (QED) is 0.850. The predicted octanol–water partition coefficient (Wildman–Crippen LogP) is 2.43. The molecule has 86 valence electrons. The smallest absolute Gasteiger partial charge is 0.229 e. The van der Waals surface area contributed by atoms with Crippen molar-refractivity contribution >= 4 is 12.4 Å². The SMILES string of the molecule is CC(C)c1nc(C2CCCCN2)no1.Cl. The number of halogens is 1. The van der Waals surface area contributed by atoms with Gasteiger partial charge in [-0.25, -0.2) is 0 Å². The van der Waals surface area contributed by atoms with Gasteiger partial charge in [0.1, 0.15) is 0 Å². The first-order valence-electron chi connectivity index (χ1n) is 5.34. The van der Waals surface area contributed by atoms with E-state index in [0.29, 0.717) is 12.0 Å². The summed E-state index contributed by atoms with van der Waals surface area (Å²) in [6.07, 6.45) is 3.63. The van der Waals surface area contributed by atoms with Gasteiger partial charge in [-0.3, -0.25) is 0 Å². The van der Waals surface area contributed by atoms with E-state index >= 15 is 0 Å². The Morgan fingerprint density at radius 1 is 1.40 bits per heavy atom. The molecule has 1 fully saturated rings. The molecule has 1 aliphatic rings. The highest BCUT2D eigenvalue weighted by Gasteiger charge is 2.20. The second-order valence-electron chi connectivity index (χ2n) is 4.15. The molecule has 1 aromatic heterocycles. The summed E-state index contributed by atoms with van der Waals surface area (Å²) in [6.45, 7) is 5.19. The summed E-state index contributed by atoms with van der Waals surface area (Å²) in [5, 5.41) is 7.42. The Morgan fingerprint density at radius 3 is 2.73 bits per heavy atom. The first-order valence-corrected chi connectivity index (χ1v) is 5.34. The van der Waals surface area contributed by atoms with Crippen LogP contribution >= 0.6 is 12.4 Å². The molecule has 0 aromatic carbocycles. The minimum Gasteiger partial charge on any atom is -0.339 e. The number of hydrogen-bond donors (Lipinski definition) is 1. The van der Waals surface area contributed by atoms with Gasteiger partial charge < -0.3 is 9.84 Å². The summed E-state index contributed by atoms with van der Waals surface area (Å²) < 4.78 is 5.18. The van der Waals surface area contributed by atoms with Crippen LogP contribution in [0, 0.1) is 0 Å². The topological polar surface area (TPSA) is 51.0 Å². The van der Waals surface area contributed by atoms with Crippen LogP contribution in [0.2, 0.25) is 0 Å². The maximum Gasteiger partial charge on any atom is 0.229 e. The van der Waals surface area contributed by atoms with E-state index in [2.05, 4.69) is 29.3 Å². The van der Waals surface area contributed by atoms with Crippen molar-refractivity contribution in [3.05, 3.63) is 11.7 Å². The molecule has 0 radical (unpaired) electrons. The molecule has 5 heteroatoms. The average Bonchev–Trinajstić information content (AvgIpc) is 2.68. The van der Waals surface area contributed by atoms with E-state index in [4.69, 9.17) is 4.52 Å². The lowest BCUT2D eigenvalue weighted by Gasteiger charge is -2.19. The molecule has 1 saturated heterocycles. The van der Waals surface area contributed by atoms with Gasteiger partial charge >= 0.3 is 0 Å². The first-order chi connectivity index (χ1) is 6.77. The van der Waals surface area contributed by atoms with Crippen molar-refractivity contribution in [2.24, 2.45) is 0 Å². The van der Waals surface area contributed by atoms with Crippen molar-refractivity contribution in [2.45, 2.75) is 45.1 Å². The lowest BCUT2D eigenvalue weighted by molar-refractivity contribution is 0.341. The highest BCUT2D eigenvalue weighted by atomic mass is 35.5. The number of nitrogens with zero attached hydrogens (tertiary/aromatic N) is 2. The second-order valence-corrected chi connectivity index (χ2v) is 4.15. The van der Waals surface area contributed by atoms with E-state index in [-0.39, 0.29) is 12.4 Å². The number of aromatic nitrogens is 2. The minimum atomic E-state index is 0. The Labute approximate surface area is 96.2 Å². The van der Waals surface area contributed by atoms with Gasteiger partial charge in [-0.05, 0) is 19.4 Å². The molecule has 1 N–H and O–H groups in total. The normalized spacial score (nSPS) is 21.4. The zero-order valence-electron chi connectivity index (χ0n) is 9.19. The van der Waals surface area contributed by atoms with E-state index < -0.39 is 0 Å². The Balaban J connectivity index is 0.00000112. The number of rotatable bonds is 2. The molecule has 2 rings (SSSR count). The zero-order valence-corrected chi connectivity index (χ0v) is 10.0. The van der Waals surface area contributed by atoms with Crippen molar-refractivity contribution in [2.75, 3.05) is 6.54 Å². The van der Waals surface area contributed by atoms with Crippen LogP contribution in [0.1, 0.15) is 56.8 Å². The standard InChI is InChI=1S/C10H17N3O.ClH/c1-7(2)10-12-9(13-14-10)8-5-3-4-6-11-8;/h7-8,11H,3-6H2,1-2H3;1H. The molecule has 4 nitrogen and oxygen atoms in total. The van der Waals surface area contributed by atoms with Gasteiger partial charge in [0.25, 0.3) is 0 Å². The Morgan fingerprint density at radius 2 is 2.20 bits per heavy atom. The van der Waals surface area contributed by atoms with Crippen molar-refractivity contribution in [3.8, 4) is 0 Å². The molecule has 2 heterocycles. The van der Waals surface area contributed by atoms with Crippen LogP contribution in [0.5, 0.6) is 0 Å². The number of nitrogens with one attached hydrogen (secondary N) is 1.